The van der Waals surface area contributed by atoms with Crippen LogP contribution in [0.25, 0.3) is 0 Å². The van der Waals surface area contributed by atoms with Crippen LogP contribution < -0.4 is 5.32 Å². The molecule has 0 rings (SSSR count). The van der Waals surface area contributed by atoms with Crippen LogP contribution in [0.5, 0.6) is 0 Å². The van der Waals surface area contributed by atoms with Gasteiger partial charge in [0.1, 0.15) is 0 Å². The Bertz CT molecular complexity index is 275. The van der Waals surface area contributed by atoms with Crippen molar-refractivity contribution in [2.24, 2.45) is 0 Å². The highest BCUT2D eigenvalue weighted by Crippen LogP contribution is 2.47. The summed E-state index contributed by atoms with van der Waals surface area (Å²) in [5, 5.41) is -4.12. The van der Waals surface area contributed by atoms with Crippen molar-refractivity contribution in [3.8, 4) is 0 Å². The summed E-state index contributed by atoms with van der Waals surface area (Å²) >= 11 is 3.85. The highest BCUT2D eigenvalue weighted by atomic mass is 35.5. The van der Waals surface area contributed by atoms with Gasteiger partial charge in [0, 0.05) is 6.04 Å². The van der Waals surface area contributed by atoms with E-state index in [2.05, 4.69) is 11.6 Å². The Balaban J connectivity index is 5.12. The van der Waals surface area contributed by atoms with Gasteiger partial charge in [-0.3, -0.25) is 4.79 Å². The molecule has 9 heteroatoms. The highest BCUT2D eigenvalue weighted by Gasteiger charge is 2.74. The number of amides is 1. The second-order valence-electron chi connectivity index (χ2n) is 3.27. The molecular formula is C7H8ClF6NO. The van der Waals surface area contributed by atoms with Gasteiger partial charge < -0.3 is 5.32 Å². The van der Waals surface area contributed by atoms with Crippen LogP contribution in [0.3, 0.4) is 0 Å². The number of carbonyl (C=O) groups is 1. The molecule has 0 aromatic heterocycles. The molecule has 0 fully saturated rings. The van der Waals surface area contributed by atoms with Crippen molar-refractivity contribution >= 4 is 17.5 Å². The Morgan fingerprint density at radius 3 is 1.75 bits per heavy atom. The Labute approximate surface area is 91.9 Å². The Morgan fingerprint density at radius 1 is 1.12 bits per heavy atom. The molecule has 0 spiro atoms. The minimum Gasteiger partial charge on any atom is -0.348 e. The molecule has 1 N–H and O–H groups in total. The molecule has 0 aliphatic heterocycles. The largest absolute Gasteiger partial charge is 0.395 e. The van der Waals surface area contributed by atoms with E-state index in [1.54, 1.807) is 0 Å². The van der Waals surface area contributed by atoms with Gasteiger partial charge in [0.2, 0.25) is 0 Å². The van der Waals surface area contributed by atoms with E-state index in [-0.39, 0.29) is 0 Å². The maximum Gasteiger partial charge on any atom is 0.395 e. The molecule has 0 unspecified atom stereocenters. The molecule has 0 aliphatic rings. The van der Waals surface area contributed by atoms with Crippen LogP contribution in [0.4, 0.5) is 26.3 Å². The van der Waals surface area contributed by atoms with Gasteiger partial charge in [-0.25, -0.2) is 0 Å². The van der Waals surface area contributed by atoms with Gasteiger partial charge in [-0.1, -0.05) is 0 Å². The van der Waals surface area contributed by atoms with Crippen molar-refractivity contribution in [2.75, 3.05) is 0 Å². The van der Waals surface area contributed by atoms with Gasteiger partial charge in [0.15, 0.2) is 0 Å². The number of rotatable bonds is 4. The summed E-state index contributed by atoms with van der Waals surface area (Å²) < 4.78 is 74.6. The van der Waals surface area contributed by atoms with Gasteiger partial charge in [-0.15, -0.1) is 0 Å². The number of carbonyl (C=O) groups excluding carboxylic acids is 1. The lowest BCUT2D eigenvalue weighted by atomic mass is 10.1. The SMILES string of the molecule is CC(C)NC(=O)C(F)(F)C(F)(F)C(F)(F)Cl. The van der Waals surface area contributed by atoms with Crippen LogP contribution in [0.2, 0.25) is 0 Å². The normalized spacial score (nSPS) is 14.1. The molecule has 0 atom stereocenters. The first-order valence-corrected chi connectivity index (χ1v) is 4.35. The average molecular weight is 272 g/mol. The third kappa shape index (κ3) is 2.72. The van der Waals surface area contributed by atoms with Crippen molar-refractivity contribution in [1.82, 2.24) is 5.32 Å². The van der Waals surface area contributed by atoms with Crippen molar-refractivity contribution in [2.45, 2.75) is 37.1 Å². The van der Waals surface area contributed by atoms with Crippen LogP contribution in [0.15, 0.2) is 0 Å². The summed E-state index contributed by atoms with van der Waals surface area (Å²) in [6.07, 6.45) is 0. The van der Waals surface area contributed by atoms with Gasteiger partial charge in [-0.05, 0) is 25.4 Å². The third-order valence-corrected chi connectivity index (χ3v) is 1.69. The molecule has 96 valence electrons. The fourth-order valence-corrected chi connectivity index (χ4v) is 0.792. The van der Waals surface area contributed by atoms with Crippen LogP contribution in [0.1, 0.15) is 13.8 Å². The lowest BCUT2D eigenvalue weighted by Crippen LogP contribution is -2.59. The second-order valence-corrected chi connectivity index (χ2v) is 3.75. The monoisotopic (exact) mass is 271 g/mol. The Kier molecular flexibility index (Phi) is 4.13. The highest BCUT2D eigenvalue weighted by molar-refractivity contribution is 6.22. The van der Waals surface area contributed by atoms with E-state index >= 15 is 0 Å². The van der Waals surface area contributed by atoms with E-state index < -0.39 is 29.2 Å². The van der Waals surface area contributed by atoms with E-state index in [9.17, 15) is 31.1 Å². The number of halogens is 7. The molecule has 0 bridgehead atoms. The van der Waals surface area contributed by atoms with Crippen molar-refractivity contribution in [3.05, 3.63) is 0 Å². The molecule has 0 radical (unpaired) electrons. The average Bonchev–Trinajstić information content (AvgIpc) is 2.00. The zero-order valence-electron chi connectivity index (χ0n) is 8.13. The van der Waals surface area contributed by atoms with Crippen LogP contribution >= 0.6 is 11.6 Å². The van der Waals surface area contributed by atoms with Crippen molar-refractivity contribution < 1.29 is 31.1 Å². The molecule has 0 aliphatic carbocycles. The van der Waals surface area contributed by atoms with E-state index in [0.29, 0.717) is 0 Å². The molecule has 0 saturated heterocycles. The van der Waals surface area contributed by atoms with E-state index in [1.807, 2.05) is 0 Å². The van der Waals surface area contributed by atoms with E-state index in [0.717, 1.165) is 0 Å². The van der Waals surface area contributed by atoms with Gasteiger partial charge >= 0.3 is 17.2 Å². The summed E-state index contributed by atoms with van der Waals surface area (Å²) in [5.74, 6) is -14.1. The van der Waals surface area contributed by atoms with Crippen molar-refractivity contribution in [1.29, 1.82) is 0 Å². The zero-order chi connectivity index (χ0) is 13.4. The van der Waals surface area contributed by atoms with Crippen LogP contribution in [-0.2, 0) is 4.79 Å². The predicted molar refractivity (Wildman–Crippen MR) is 44.0 cm³/mol. The van der Waals surface area contributed by atoms with Gasteiger partial charge in [-0.2, -0.15) is 26.3 Å². The lowest BCUT2D eigenvalue weighted by Gasteiger charge is -2.28. The fraction of sp³-hybridized carbons (Fsp3) is 0.857. The zero-order valence-corrected chi connectivity index (χ0v) is 8.89. The quantitative estimate of drug-likeness (QED) is 0.618. The summed E-state index contributed by atoms with van der Waals surface area (Å²) in [4.78, 5) is 10.6. The summed E-state index contributed by atoms with van der Waals surface area (Å²) in [6, 6.07) is -0.905. The topological polar surface area (TPSA) is 29.1 Å². The Hall–Kier alpha value is -0.660. The predicted octanol–water partition coefficient (Wildman–Crippen LogP) is 2.61. The lowest BCUT2D eigenvalue weighted by molar-refractivity contribution is -0.269. The summed E-state index contributed by atoms with van der Waals surface area (Å²) in [5.41, 5.74) is 0. The smallest absolute Gasteiger partial charge is 0.348 e. The van der Waals surface area contributed by atoms with Gasteiger partial charge in [0.25, 0.3) is 5.91 Å². The molecule has 0 aromatic carbocycles. The molecule has 2 nitrogen and oxygen atoms in total. The standard InChI is InChI=1S/C7H8ClF6NO/c1-3(2)15-4(16)5(9,10)6(11,12)7(8,13)14/h3H,1-2H3,(H,15,16). The van der Waals surface area contributed by atoms with Crippen LogP contribution in [-0.4, -0.2) is 29.2 Å². The summed E-state index contributed by atoms with van der Waals surface area (Å²) in [6.45, 7) is 2.40. The van der Waals surface area contributed by atoms with E-state index in [1.165, 1.54) is 19.2 Å². The summed E-state index contributed by atoms with van der Waals surface area (Å²) in [7, 11) is 0. The first kappa shape index (κ1) is 15.3. The molecule has 0 saturated carbocycles. The van der Waals surface area contributed by atoms with Crippen LogP contribution in [0, 0.1) is 0 Å². The number of alkyl halides is 7. The third-order valence-electron chi connectivity index (χ3n) is 1.46. The molecule has 0 aromatic rings. The van der Waals surface area contributed by atoms with Crippen molar-refractivity contribution in [3.63, 3.8) is 0 Å². The minimum absolute atomic E-state index is 0.905. The first-order chi connectivity index (χ1) is 6.84. The number of hydrogen-bond donors (Lipinski definition) is 1. The maximum absolute atomic E-state index is 12.7. The number of hydrogen-bond acceptors (Lipinski definition) is 1. The van der Waals surface area contributed by atoms with E-state index in [4.69, 9.17) is 0 Å². The maximum atomic E-state index is 12.7. The molecule has 16 heavy (non-hydrogen) atoms. The Morgan fingerprint density at radius 2 is 1.50 bits per heavy atom. The minimum atomic E-state index is -5.97. The first-order valence-electron chi connectivity index (χ1n) is 3.97. The fourth-order valence-electron chi connectivity index (χ4n) is 0.673. The van der Waals surface area contributed by atoms with Gasteiger partial charge in [0.05, 0.1) is 0 Å². The molecule has 1 amide bonds. The number of nitrogens with one attached hydrogen (secondary N) is 1. The molecular weight excluding hydrogens is 264 g/mol. The molecule has 0 heterocycles. The second kappa shape index (κ2) is 4.31.